The molecule has 1 aromatic carbocycles. The van der Waals surface area contributed by atoms with E-state index in [0.717, 1.165) is 0 Å². The summed E-state index contributed by atoms with van der Waals surface area (Å²) >= 11 is 0. The molecule has 7 nitrogen and oxygen atoms in total. The highest BCUT2D eigenvalue weighted by Gasteiger charge is 2.29. The highest BCUT2D eigenvalue weighted by molar-refractivity contribution is 7.89. The Labute approximate surface area is 137 Å². The van der Waals surface area contributed by atoms with Crippen LogP contribution in [0.5, 0.6) is 5.75 Å². The number of aryl methyl sites for hydroxylation is 1. The van der Waals surface area contributed by atoms with Crippen LogP contribution in [0.25, 0.3) is 0 Å². The molecule has 0 unspecified atom stereocenters. The van der Waals surface area contributed by atoms with Crippen molar-refractivity contribution in [2.75, 3.05) is 39.3 Å². The molecule has 1 aliphatic heterocycles. The van der Waals surface area contributed by atoms with Crippen molar-refractivity contribution in [2.24, 2.45) is 5.73 Å². The fraction of sp³-hybridized carbons (Fsp3) is 0.533. The summed E-state index contributed by atoms with van der Waals surface area (Å²) in [6.45, 7) is 6.04. The van der Waals surface area contributed by atoms with Crippen molar-refractivity contribution in [1.29, 1.82) is 0 Å². The van der Waals surface area contributed by atoms with Crippen molar-refractivity contribution < 1.29 is 17.9 Å². The zero-order valence-corrected chi connectivity index (χ0v) is 14.3. The van der Waals surface area contributed by atoms with Gasteiger partial charge in [-0.25, -0.2) is 8.42 Å². The summed E-state index contributed by atoms with van der Waals surface area (Å²) in [6.07, 6.45) is 0. The van der Waals surface area contributed by atoms with Crippen molar-refractivity contribution in [1.82, 2.24) is 9.21 Å². The second kappa shape index (κ2) is 7.29. The summed E-state index contributed by atoms with van der Waals surface area (Å²) in [4.78, 5) is 13.1. The fourth-order valence-electron chi connectivity index (χ4n) is 2.66. The van der Waals surface area contributed by atoms with Crippen LogP contribution < -0.4 is 10.5 Å². The molecule has 23 heavy (non-hydrogen) atoms. The van der Waals surface area contributed by atoms with E-state index < -0.39 is 15.9 Å². The summed E-state index contributed by atoms with van der Waals surface area (Å²) in [6, 6.07) is 5.00. The summed E-state index contributed by atoms with van der Waals surface area (Å²) < 4.78 is 32.4. The summed E-state index contributed by atoms with van der Waals surface area (Å²) in [5, 5.41) is 0. The zero-order valence-electron chi connectivity index (χ0n) is 13.5. The average Bonchev–Trinajstić information content (AvgIpc) is 2.47. The number of carbonyl (C=O) groups is 1. The number of carbonyl (C=O) groups excluding carboxylic acids is 1. The molecule has 128 valence electrons. The molecular weight excluding hydrogens is 318 g/mol. The van der Waals surface area contributed by atoms with Gasteiger partial charge in [-0.15, -0.1) is 0 Å². The Morgan fingerprint density at radius 2 is 1.91 bits per heavy atom. The van der Waals surface area contributed by atoms with Gasteiger partial charge in [-0.05, 0) is 37.6 Å². The Morgan fingerprint density at radius 1 is 1.26 bits per heavy atom. The minimum Gasteiger partial charge on any atom is -0.494 e. The summed E-state index contributed by atoms with van der Waals surface area (Å²) in [7, 11) is -3.54. The predicted octanol–water partition coefficient (Wildman–Crippen LogP) is 0.185. The minimum atomic E-state index is -3.54. The lowest BCUT2D eigenvalue weighted by molar-refractivity contribution is -0.119. The second-order valence-corrected chi connectivity index (χ2v) is 7.41. The largest absolute Gasteiger partial charge is 0.494 e. The average molecular weight is 341 g/mol. The van der Waals surface area contributed by atoms with Gasteiger partial charge < -0.3 is 10.5 Å². The molecule has 0 bridgehead atoms. The van der Waals surface area contributed by atoms with Crippen LogP contribution in [-0.2, 0) is 14.8 Å². The van der Waals surface area contributed by atoms with Crippen molar-refractivity contribution in [3.8, 4) is 5.75 Å². The third kappa shape index (κ3) is 4.21. The molecule has 1 heterocycles. The van der Waals surface area contributed by atoms with Gasteiger partial charge in [0.25, 0.3) is 0 Å². The van der Waals surface area contributed by atoms with E-state index in [-0.39, 0.29) is 6.54 Å². The van der Waals surface area contributed by atoms with Gasteiger partial charge in [0, 0.05) is 26.2 Å². The molecule has 8 heteroatoms. The number of hydrogen-bond donors (Lipinski definition) is 1. The van der Waals surface area contributed by atoms with E-state index in [4.69, 9.17) is 10.5 Å². The second-order valence-electron chi connectivity index (χ2n) is 5.51. The van der Waals surface area contributed by atoms with Gasteiger partial charge in [-0.2, -0.15) is 4.31 Å². The Morgan fingerprint density at radius 3 is 2.43 bits per heavy atom. The number of nitrogens with zero attached hydrogens (tertiary/aromatic N) is 2. The number of nitrogens with two attached hydrogens (primary N) is 1. The third-order valence-corrected chi connectivity index (χ3v) is 5.84. The first-order valence-electron chi connectivity index (χ1n) is 7.59. The molecule has 1 fully saturated rings. The van der Waals surface area contributed by atoms with Crippen LogP contribution >= 0.6 is 0 Å². The molecule has 0 aromatic heterocycles. The van der Waals surface area contributed by atoms with Gasteiger partial charge in [-0.3, -0.25) is 9.69 Å². The number of hydrogen-bond acceptors (Lipinski definition) is 5. The highest BCUT2D eigenvalue weighted by atomic mass is 32.2. The Hall–Kier alpha value is -1.64. The lowest BCUT2D eigenvalue weighted by Gasteiger charge is -2.33. The predicted molar refractivity (Wildman–Crippen MR) is 86.7 cm³/mol. The number of sulfonamides is 1. The molecule has 1 aromatic rings. The van der Waals surface area contributed by atoms with E-state index in [1.54, 1.807) is 25.1 Å². The normalized spacial score (nSPS) is 17.1. The van der Waals surface area contributed by atoms with E-state index in [0.29, 0.717) is 49.0 Å². The number of rotatable bonds is 6. The first-order chi connectivity index (χ1) is 10.8. The maximum Gasteiger partial charge on any atom is 0.243 e. The first-order valence-corrected chi connectivity index (χ1v) is 9.03. The minimum absolute atomic E-state index is 0.163. The first kappa shape index (κ1) is 17.7. The third-order valence-electron chi connectivity index (χ3n) is 3.79. The molecule has 1 aliphatic rings. The van der Waals surface area contributed by atoms with Crippen LogP contribution in [0.4, 0.5) is 0 Å². The summed E-state index contributed by atoms with van der Waals surface area (Å²) in [5.74, 6) is 0.263. The number of benzene rings is 1. The summed E-state index contributed by atoms with van der Waals surface area (Å²) in [5.41, 5.74) is 5.83. The van der Waals surface area contributed by atoms with Gasteiger partial charge in [0.1, 0.15) is 5.75 Å². The number of primary amides is 1. The Balaban J connectivity index is 2.12. The van der Waals surface area contributed by atoms with Crippen LogP contribution in [-0.4, -0.2) is 62.9 Å². The Kier molecular flexibility index (Phi) is 5.61. The van der Waals surface area contributed by atoms with Crippen LogP contribution in [0.3, 0.4) is 0 Å². The SMILES string of the molecule is CCOc1ccc(S(=O)(=O)N2CCN(CC(N)=O)CC2)c(C)c1. The molecule has 2 rings (SSSR count). The van der Waals surface area contributed by atoms with Gasteiger partial charge in [0.05, 0.1) is 18.0 Å². The monoisotopic (exact) mass is 341 g/mol. The molecule has 1 saturated heterocycles. The molecule has 0 radical (unpaired) electrons. The smallest absolute Gasteiger partial charge is 0.243 e. The van der Waals surface area contributed by atoms with Crippen LogP contribution in [0.15, 0.2) is 23.1 Å². The van der Waals surface area contributed by atoms with E-state index in [2.05, 4.69) is 0 Å². The van der Waals surface area contributed by atoms with E-state index >= 15 is 0 Å². The van der Waals surface area contributed by atoms with E-state index in [9.17, 15) is 13.2 Å². The van der Waals surface area contributed by atoms with E-state index in [1.807, 2.05) is 11.8 Å². The maximum atomic E-state index is 12.8. The standard InChI is InChI=1S/C15H23N3O4S/c1-3-22-13-4-5-14(12(2)10-13)23(20,21)18-8-6-17(7-9-18)11-15(16)19/h4-5,10H,3,6-9,11H2,1-2H3,(H2,16,19). The fourth-order valence-corrected chi connectivity index (χ4v) is 4.28. The van der Waals surface area contributed by atoms with Gasteiger partial charge in [-0.1, -0.05) is 0 Å². The molecule has 0 spiro atoms. The van der Waals surface area contributed by atoms with Crippen LogP contribution in [0.1, 0.15) is 12.5 Å². The lowest BCUT2D eigenvalue weighted by atomic mass is 10.2. The Bertz CT molecular complexity index is 667. The molecule has 1 amide bonds. The van der Waals surface area contributed by atoms with Crippen molar-refractivity contribution in [3.63, 3.8) is 0 Å². The number of piperazine rings is 1. The number of ether oxygens (including phenoxy) is 1. The van der Waals surface area contributed by atoms with Gasteiger partial charge >= 0.3 is 0 Å². The maximum absolute atomic E-state index is 12.8. The number of amides is 1. The topological polar surface area (TPSA) is 92.9 Å². The molecule has 0 atom stereocenters. The molecule has 0 aliphatic carbocycles. The van der Waals surface area contributed by atoms with Crippen LogP contribution in [0, 0.1) is 6.92 Å². The van der Waals surface area contributed by atoms with Crippen LogP contribution in [0.2, 0.25) is 0 Å². The van der Waals surface area contributed by atoms with Crippen molar-refractivity contribution >= 4 is 15.9 Å². The molecule has 0 saturated carbocycles. The van der Waals surface area contributed by atoms with Crippen molar-refractivity contribution in [2.45, 2.75) is 18.7 Å². The quantitative estimate of drug-likeness (QED) is 0.797. The highest BCUT2D eigenvalue weighted by Crippen LogP contribution is 2.25. The van der Waals surface area contributed by atoms with E-state index in [1.165, 1.54) is 4.31 Å². The zero-order chi connectivity index (χ0) is 17.0. The van der Waals surface area contributed by atoms with Gasteiger partial charge in [0.2, 0.25) is 15.9 Å². The van der Waals surface area contributed by atoms with Crippen molar-refractivity contribution in [3.05, 3.63) is 23.8 Å². The molecular formula is C15H23N3O4S. The molecule has 2 N–H and O–H groups in total. The lowest BCUT2D eigenvalue weighted by Crippen LogP contribution is -2.50. The van der Waals surface area contributed by atoms with Gasteiger partial charge in [0.15, 0.2) is 0 Å².